The zero-order valence-corrected chi connectivity index (χ0v) is 12.7. The van der Waals surface area contributed by atoms with E-state index in [1.54, 1.807) is 0 Å². The van der Waals surface area contributed by atoms with Gasteiger partial charge in [-0.05, 0) is 25.0 Å². The molecule has 0 aromatic carbocycles. The Labute approximate surface area is 120 Å². The number of hydrogen-bond donors (Lipinski definition) is 1. The maximum absolute atomic E-state index is 12.0. The molecule has 0 bridgehead atoms. The molecule has 0 radical (unpaired) electrons. The topological polar surface area (TPSA) is 45.2 Å². The largest absolute Gasteiger partial charge is 0.361 e. The molecule has 1 aromatic rings. The number of anilines is 1. The van der Waals surface area contributed by atoms with E-state index in [9.17, 15) is 4.79 Å². The van der Waals surface area contributed by atoms with Crippen molar-refractivity contribution in [2.45, 2.75) is 45.1 Å². The van der Waals surface area contributed by atoms with Crippen LogP contribution in [0.2, 0.25) is 0 Å². The standard InChI is InChI=1S/C16H23N3O/c1-11-6-8-13(15(20)18-11)19(5)12-7-9-14(17-10-12)16(2,3)4/h7,9-10,13H,1,6,8H2,2-5H3,(H,18,20). The minimum Gasteiger partial charge on any atom is -0.361 e. The summed E-state index contributed by atoms with van der Waals surface area (Å²) >= 11 is 0. The quantitative estimate of drug-likeness (QED) is 0.901. The average molecular weight is 273 g/mol. The highest BCUT2D eigenvalue weighted by molar-refractivity contribution is 5.87. The third kappa shape index (κ3) is 3.00. The Morgan fingerprint density at radius 3 is 2.60 bits per heavy atom. The first-order chi connectivity index (χ1) is 9.29. The molecule has 1 atom stereocenters. The second-order valence-electron chi connectivity index (χ2n) is 6.41. The predicted molar refractivity (Wildman–Crippen MR) is 81.6 cm³/mol. The first kappa shape index (κ1) is 14.6. The number of carbonyl (C=O) groups excluding carboxylic acids is 1. The molecule has 1 fully saturated rings. The molecule has 2 rings (SSSR count). The van der Waals surface area contributed by atoms with Gasteiger partial charge in [-0.25, -0.2) is 0 Å². The van der Waals surface area contributed by atoms with Gasteiger partial charge in [-0.15, -0.1) is 0 Å². The highest BCUT2D eigenvalue weighted by atomic mass is 16.2. The third-order valence-corrected chi connectivity index (χ3v) is 3.71. The molecule has 4 nitrogen and oxygen atoms in total. The molecule has 0 saturated carbocycles. The first-order valence-electron chi connectivity index (χ1n) is 6.97. The SMILES string of the molecule is C=C1CCC(N(C)c2ccc(C(C)(C)C)nc2)C(=O)N1. The van der Waals surface area contributed by atoms with Crippen LogP contribution in [-0.4, -0.2) is 24.0 Å². The van der Waals surface area contributed by atoms with E-state index in [2.05, 4.69) is 37.7 Å². The predicted octanol–water partition coefficient (Wildman–Crippen LogP) is 2.61. The van der Waals surface area contributed by atoms with Gasteiger partial charge in [-0.3, -0.25) is 9.78 Å². The number of likely N-dealkylation sites (N-methyl/N-ethyl adjacent to an activating group) is 1. The molecular weight excluding hydrogens is 250 g/mol. The number of nitrogens with one attached hydrogen (secondary N) is 1. The number of pyridine rings is 1. The van der Waals surface area contributed by atoms with Crippen LogP contribution in [0.25, 0.3) is 0 Å². The lowest BCUT2D eigenvalue weighted by molar-refractivity contribution is -0.122. The number of allylic oxidation sites excluding steroid dienone is 1. The van der Waals surface area contributed by atoms with Crippen molar-refractivity contribution in [1.29, 1.82) is 0 Å². The van der Waals surface area contributed by atoms with Gasteiger partial charge in [-0.2, -0.15) is 0 Å². The Kier molecular flexibility index (Phi) is 3.84. The zero-order chi connectivity index (χ0) is 14.9. The minimum atomic E-state index is -0.150. The molecular formula is C16H23N3O. The molecule has 0 spiro atoms. The smallest absolute Gasteiger partial charge is 0.246 e. The van der Waals surface area contributed by atoms with E-state index >= 15 is 0 Å². The molecule has 4 heteroatoms. The van der Waals surface area contributed by atoms with Crippen LogP contribution >= 0.6 is 0 Å². The van der Waals surface area contributed by atoms with E-state index < -0.39 is 0 Å². The molecule has 108 valence electrons. The Morgan fingerprint density at radius 2 is 2.10 bits per heavy atom. The molecule has 1 saturated heterocycles. The molecule has 20 heavy (non-hydrogen) atoms. The number of nitrogens with zero attached hydrogens (tertiary/aromatic N) is 2. The molecule has 1 N–H and O–H groups in total. The lowest BCUT2D eigenvalue weighted by Gasteiger charge is -2.32. The lowest BCUT2D eigenvalue weighted by Crippen LogP contribution is -2.48. The van der Waals surface area contributed by atoms with Crippen LogP contribution < -0.4 is 10.2 Å². The van der Waals surface area contributed by atoms with Crippen molar-refractivity contribution in [3.63, 3.8) is 0 Å². The van der Waals surface area contributed by atoms with Crippen molar-refractivity contribution in [3.05, 3.63) is 36.3 Å². The molecule has 1 amide bonds. The van der Waals surface area contributed by atoms with Crippen LogP contribution in [0, 0.1) is 0 Å². The van der Waals surface area contributed by atoms with Crippen molar-refractivity contribution in [3.8, 4) is 0 Å². The van der Waals surface area contributed by atoms with Crippen molar-refractivity contribution >= 4 is 11.6 Å². The second kappa shape index (κ2) is 5.27. The maximum Gasteiger partial charge on any atom is 0.246 e. The first-order valence-corrected chi connectivity index (χ1v) is 6.97. The number of carbonyl (C=O) groups is 1. The van der Waals surface area contributed by atoms with Gasteiger partial charge >= 0.3 is 0 Å². The van der Waals surface area contributed by atoms with Gasteiger partial charge in [0.1, 0.15) is 6.04 Å². The van der Waals surface area contributed by atoms with Crippen molar-refractivity contribution < 1.29 is 4.79 Å². The number of piperidine rings is 1. The zero-order valence-electron chi connectivity index (χ0n) is 12.7. The van der Waals surface area contributed by atoms with Gasteiger partial charge in [0.15, 0.2) is 0 Å². The van der Waals surface area contributed by atoms with Gasteiger partial charge in [0.25, 0.3) is 0 Å². The third-order valence-electron chi connectivity index (χ3n) is 3.71. The molecule has 1 unspecified atom stereocenters. The van der Waals surface area contributed by atoms with E-state index in [1.807, 2.05) is 30.3 Å². The normalized spacial score (nSPS) is 19.7. The van der Waals surface area contributed by atoms with E-state index in [-0.39, 0.29) is 17.4 Å². The highest BCUT2D eigenvalue weighted by Crippen LogP contribution is 2.24. The van der Waals surface area contributed by atoms with Crippen molar-refractivity contribution in [2.75, 3.05) is 11.9 Å². The monoisotopic (exact) mass is 273 g/mol. The van der Waals surface area contributed by atoms with Gasteiger partial charge in [0, 0.05) is 23.9 Å². The van der Waals surface area contributed by atoms with Gasteiger partial charge in [0.05, 0.1) is 11.9 Å². The Hall–Kier alpha value is -1.84. The van der Waals surface area contributed by atoms with Crippen LogP contribution in [0.4, 0.5) is 5.69 Å². The lowest BCUT2D eigenvalue weighted by atomic mass is 9.91. The van der Waals surface area contributed by atoms with Crippen LogP contribution in [-0.2, 0) is 10.2 Å². The van der Waals surface area contributed by atoms with Gasteiger partial charge in [0.2, 0.25) is 5.91 Å². The summed E-state index contributed by atoms with van der Waals surface area (Å²) < 4.78 is 0. The Balaban J connectivity index is 2.15. The second-order valence-corrected chi connectivity index (χ2v) is 6.41. The highest BCUT2D eigenvalue weighted by Gasteiger charge is 2.28. The van der Waals surface area contributed by atoms with E-state index in [0.717, 1.165) is 29.9 Å². The van der Waals surface area contributed by atoms with E-state index in [1.165, 1.54) is 0 Å². The van der Waals surface area contributed by atoms with Crippen LogP contribution in [0.15, 0.2) is 30.6 Å². The molecule has 1 aliphatic heterocycles. The van der Waals surface area contributed by atoms with Crippen LogP contribution in [0.3, 0.4) is 0 Å². The molecule has 1 aliphatic rings. The van der Waals surface area contributed by atoms with Gasteiger partial charge in [-0.1, -0.05) is 27.4 Å². The molecule has 0 aliphatic carbocycles. The number of aromatic nitrogens is 1. The summed E-state index contributed by atoms with van der Waals surface area (Å²) in [5.74, 6) is 0.0173. The van der Waals surface area contributed by atoms with Crippen LogP contribution in [0.1, 0.15) is 39.3 Å². The summed E-state index contributed by atoms with van der Waals surface area (Å²) in [6.45, 7) is 10.2. The number of amides is 1. The maximum atomic E-state index is 12.0. The van der Waals surface area contributed by atoms with E-state index in [4.69, 9.17) is 0 Å². The fraction of sp³-hybridized carbons (Fsp3) is 0.500. The molecule has 2 heterocycles. The van der Waals surface area contributed by atoms with Crippen LogP contribution in [0.5, 0.6) is 0 Å². The summed E-state index contributed by atoms with van der Waals surface area (Å²) in [4.78, 5) is 18.5. The van der Waals surface area contributed by atoms with Crippen molar-refractivity contribution in [1.82, 2.24) is 10.3 Å². The summed E-state index contributed by atoms with van der Waals surface area (Å²) in [7, 11) is 1.94. The Bertz CT molecular complexity index is 514. The fourth-order valence-electron chi connectivity index (χ4n) is 2.35. The summed E-state index contributed by atoms with van der Waals surface area (Å²) in [6, 6.07) is 3.92. The Morgan fingerprint density at radius 1 is 1.40 bits per heavy atom. The fourth-order valence-corrected chi connectivity index (χ4v) is 2.35. The average Bonchev–Trinajstić information content (AvgIpc) is 2.37. The summed E-state index contributed by atoms with van der Waals surface area (Å²) in [6.07, 6.45) is 3.47. The van der Waals surface area contributed by atoms with Gasteiger partial charge < -0.3 is 10.2 Å². The molecule has 1 aromatic heterocycles. The summed E-state index contributed by atoms with van der Waals surface area (Å²) in [5, 5.41) is 2.82. The number of hydrogen-bond acceptors (Lipinski definition) is 3. The summed E-state index contributed by atoms with van der Waals surface area (Å²) in [5.41, 5.74) is 2.86. The number of rotatable bonds is 2. The minimum absolute atomic E-state index is 0.0173. The van der Waals surface area contributed by atoms with Crippen molar-refractivity contribution in [2.24, 2.45) is 0 Å². The van der Waals surface area contributed by atoms with E-state index in [0.29, 0.717) is 0 Å².